The van der Waals surface area contributed by atoms with E-state index < -0.39 is 0 Å². The normalized spacial score (nSPS) is 27.9. The number of hydrogen-bond donors (Lipinski definition) is 2. The van der Waals surface area contributed by atoms with Gasteiger partial charge in [-0.25, -0.2) is 0 Å². The number of anilines is 2. The topological polar surface area (TPSA) is 53.6 Å². The molecule has 0 bridgehead atoms. The summed E-state index contributed by atoms with van der Waals surface area (Å²) in [4.78, 5) is 15.2. The lowest BCUT2D eigenvalue weighted by Crippen LogP contribution is -2.45. The van der Waals surface area contributed by atoms with E-state index in [0.717, 1.165) is 50.0 Å². The van der Waals surface area contributed by atoms with E-state index in [4.69, 9.17) is 4.74 Å². The Morgan fingerprint density at radius 1 is 1.14 bits per heavy atom. The smallest absolute Gasteiger partial charge is 0.227 e. The molecule has 3 rings (SSSR count). The Morgan fingerprint density at radius 3 is 2.38 bits per heavy atom. The fourth-order valence-electron chi connectivity index (χ4n) is 4.31. The molecule has 1 heterocycles. The van der Waals surface area contributed by atoms with Crippen molar-refractivity contribution in [1.29, 1.82) is 0 Å². The minimum atomic E-state index is 0.122. The number of nitrogens with one attached hydrogen (secondary N) is 2. The molecule has 29 heavy (non-hydrogen) atoms. The van der Waals surface area contributed by atoms with Crippen LogP contribution in [0.1, 0.15) is 58.9 Å². The first-order valence-electron chi connectivity index (χ1n) is 11.0. The van der Waals surface area contributed by atoms with Crippen LogP contribution in [0.25, 0.3) is 0 Å². The minimum Gasteiger partial charge on any atom is -0.372 e. The van der Waals surface area contributed by atoms with Gasteiger partial charge in [-0.3, -0.25) is 9.52 Å². The van der Waals surface area contributed by atoms with Gasteiger partial charge in [0.15, 0.2) is 0 Å². The minimum absolute atomic E-state index is 0.122. The highest BCUT2D eigenvalue weighted by molar-refractivity contribution is 7.98. The maximum atomic E-state index is 12.8. The van der Waals surface area contributed by atoms with Crippen LogP contribution in [-0.4, -0.2) is 42.5 Å². The molecule has 1 saturated heterocycles. The van der Waals surface area contributed by atoms with Gasteiger partial charge in [-0.15, -0.1) is 0 Å². The van der Waals surface area contributed by atoms with Crippen LogP contribution >= 0.6 is 11.9 Å². The van der Waals surface area contributed by atoms with Crippen molar-refractivity contribution in [2.75, 3.05) is 23.3 Å². The standard InChI is InChI=1S/C23H37N3O2S/c1-15(2)29-25-20-8-6-19(7-9-20)23(27)24-22-11-10-21(12-16(22)3)26-13-17(4)28-18(5)14-26/h10-12,15,17-20,25H,6-9,13-14H2,1-5H3,(H,24,27)/t17-,18+,19?,20?. The van der Waals surface area contributed by atoms with Crippen molar-refractivity contribution in [2.24, 2.45) is 5.92 Å². The Hall–Kier alpha value is -1.24. The lowest BCUT2D eigenvalue weighted by atomic mass is 9.86. The fraction of sp³-hybridized carbons (Fsp3) is 0.696. The molecular weight excluding hydrogens is 382 g/mol. The number of benzene rings is 1. The van der Waals surface area contributed by atoms with Crippen LogP contribution in [0.15, 0.2) is 18.2 Å². The van der Waals surface area contributed by atoms with E-state index in [-0.39, 0.29) is 24.0 Å². The fourth-order valence-corrected chi connectivity index (χ4v) is 5.01. The summed E-state index contributed by atoms with van der Waals surface area (Å²) in [5.74, 6) is 0.293. The third-order valence-corrected chi connectivity index (χ3v) is 6.76. The lowest BCUT2D eigenvalue weighted by Gasteiger charge is -2.37. The monoisotopic (exact) mass is 419 g/mol. The summed E-state index contributed by atoms with van der Waals surface area (Å²) >= 11 is 1.80. The van der Waals surface area contributed by atoms with E-state index in [9.17, 15) is 4.79 Å². The average Bonchev–Trinajstić information content (AvgIpc) is 2.67. The van der Waals surface area contributed by atoms with E-state index in [1.807, 2.05) is 0 Å². The molecule has 0 radical (unpaired) electrons. The molecule has 0 aromatic heterocycles. The van der Waals surface area contributed by atoms with Gasteiger partial charge in [0.05, 0.1) is 12.2 Å². The van der Waals surface area contributed by atoms with Gasteiger partial charge >= 0.3 is 0 Å². The van der Waals surface area contributed by atoms with Gasteiger partial charge in [0.25, 0.3) is 0 Å². The highest BCUT2D eigenvalue weighted by atomic mass is 32.2. The van der Waals surface area contributed by atoms with E-state index >= 15 is 0 Å². The molecule has 1 aliphatic heterocycles. The molecule has 2 atom stereocenters. The SMILES string of the molecule is Cc1cc(N2C[C@@H](C)O[C@@H](C)C2)ccc1NC(=O)C1CCC(NSC(C)C)CC1. The summed E-state index contributed by atoms with van der Waals surface area (Å²) < 4.78 is 9.40. The van der Waals surface area contributed by atoms with Crippen molar-refractivity contribution >= 4 is 29.2 Å². The third-order valence-electron chi connectivity index (χ3n) is 5.82. The van der Waals surface area contributed by atoms with Crippen molar-refractivity contribution in [2.45, 2.75) is 83.8 Å². The second-order valence-corrected chi connectivity index (χ2v) is 10.4. The molecule has 2 N–H and O–H groups in total. The number of rotatable bonds is 6. The van der Waals surface area contributed by atoms with Crippen molar-refractivity contribution < 1.29 is 9.53 Å². The first kappa shape index (κ1) is 22.4. The quantitative estimate of drug-likeness (QED) is 0.652. The Kier molecular flexibility index (Phi) is 7.88. The van der Waals surface area contributed by atoms with Crippen LogP contribution in [-0.2, 0) is 9.53 Å². The highest BCUT2D eigenvalue weighted by Gasteiger charge is 2.27. The molecule has 2 aliphatic rings. The number of morpholine rings is 1. The van der Waals surface area contributed by atoms with Gasteiger partial charge in [-0.05, 0) is 70.2 Å². The number of nitrogens with zero attached hydrogens (tertiary/aromatic N) is 1. The molecule has 0 spiro atoms. The number of amides is 1. The Bertz CT molecular complexity index is 679. The number of carbonyl (C=O) groups excluding carboxylic acids is 1. The summed E-state index contributed by atoms with van der Waals surface area (Å²) in [5.41, 5.74) is 3.26. The van der Waals surface area contributed by atoms with Crippen LogP contribution in [0.4, 0.5) is 11.4 Å². The Morgan fingerprint density at radius 2 is 1.79 bits per heavy atom. The molecule has 6 heteroatoms. The van der Waals surface area contributed by atoms with E-state index in [1.54, 1.807) is 11.9 Å². The third kappa shape index (κ3) is 6.37. The van der Waals surface area contributed by atoms with Gasteiger partial charge in [0, 0.05) is 41.7 Å². The van der Waals surface area contributed by atoms with Crippen molar-refractivity contribution in [3.63, 3.8) is 0 Å². The molecular formula is C23H37N3O2S. The zero-order valence-electron chi connectivity index (χ0n) is 18.5. The van der Waals surface area contributed by atoms with Gasteiger partial charge in [0.2, 0.25) is 5.91 Å². The number of ether oxygens (including phenoxy) is 1. The van der Waals surface area contributed by atoms with Crippen LogP contribution in [0.5, 0.6) is 0 Å². The highest BCUT2D eigenvalue weighted by Crippen LogP contribution is 2.29. The lowest BCUT2D eigenvalue weighted by molar-refractivity contribution is -0.120. The molecule has 1 aromatic rings. The summed E-state index contributed by atoms with van der Waals surface area (Å²) in [6.07, 6.45) is 4.54. The maximum Gasteiger partial charge on any atom is 0.227 e. The molecule has 162 valence electrons. The zero-order valence-corrected chi connectivity index (χ0v) is 19.3. The molecule has 1 saturated carbocycles. The first-order valence-corrected chi connectivity index (χ1v) is 11.9. The summed E-state index contributed by atoms with van der Waals surface area (Å²) in [6, 6.07) is 6.90. The molecule has 2 fully saturated rings. The molecule has 5 nitrogen and oxygen atoms in total. The van der Waals surface area contributed by atoms with Crippen LogP contribution < -0.4 is 14.9 Å². The van der Waals surface area contributed by atoms with Gasteiger partial charge in [-0.2, -0.15) is 0 Å². The maximum absolute atomic E-state index is 12.8. The van der Waals surface area contributed by atoms with Crippen LogP contribution in [0, 0.1) is 12.8 Å². The molecule has 1 aromatic carbocycles. The predicted molar refractivity (Wildman–Crippen MR) is 124 cm³/mol. The number of hydrogen-bond acceptors (Lipinski definition) is 5. The summed E-state index contributed by atoms with van der Waals surface area (Å²) in [5, 5.41) is 3.77. The second kappa shape index (κ2) is 10.2. The summed E-state index contributed by atoms with van der Waals surface area (Å²) in [7, 11) is 0. The van der Waals surface area contributed by atoms with Gasteiger partial charge in [0.1, 0.15) is 0 Å². The van der Waals surface area contributed by atoms with Crippen molar-refractivity contribution in [3.05, 3.63) is 23.8 Å². The Balaban J connectivity index is 1.53. The van der Waals surface area contributed by atoms with E-state index in [0.29, 0.717) is 11.3 Å². The Labute approximate surface area is 180 Å². The second-order valence-electron chi connectivity index (χ2n) is 8.98. The largest absolute Gasteiger partial charge is 0.372 e. The zero-order chi connectivity index (χ0) is 21.0. The molecule has 1 amide bonds. The predicted octanol–water partition coefficient (Wildman–Crippen LogP) is 4.75. The van der Waals surface area contributed by atoms with Crippen LogP contribution in [0.2, 0.25) is 0 Å². The van der Waals surface area contributed by atoms with Crippen molar-refractivity contribution in [3.8, 4) is 0 Å². The van der Waals surface area contributed by atoms with Crippen LogP contribution in [0.3, 0.4) is 0 Å². The van der Waals surface area contributed by atoms with E-state index in [2.05, 4.69) is 67.8 Å². The van der Waals surface area contributed by atoms with Gasteiger partial charge < -0.3 is 15.0 Å². The average molecular weight is 420 g/mol. The van der Waals surface area contributed by atoms with Gasteiger partial charge in [-0.1, -0.05) is 25.8 Å². The first-order chi connectivity index (χ1) is 13.8. The molecule has 0 unspecified atom stereocenters. The number of carbonyl (C=O) groups is 1. The summed E-state index contributed by atoms with van der Waals surface area (Å²) in [6.45, 7) is 12.5. The molecule has 1 aliphatic carbocycles. The van der Waals surface area contributed by atoms with Crippen molar-refractivity contribution in [1.82, 2.24) is 4.72 Å². The number of aryl methyl sites for hydroxylation is 1. The van der Waals surface area contributed by atoms with E-state index in [1.165, 1.54) is 5.69 Å².